The Hall–Kier alpha value is -1.08. The van der Waals surface area contributed by atoms with Gasteiger partial charge in [0.25, 0.3) is 0 Å². The third-order valence-electron chi connectivity index (χ3n) is 3.91. The average molecular weight is 292 g/mol. The van der Waals surface area contributed by atoms with Gasteiger partial charge in [-0.25, -0.2) is 0 Å². The first kappa shape index (κ1) is 16.3. The monoisotopic (exact) mass is 292 g/mol. The van der Waals surface area contributed by atoms with E-state index in [2.05, 4.69) is 16.8 Å². The number of ether oxygens (including phenoxy) is 1. The minimum Gasteiger partial charge on any atom is -0.494 e. The van der Waals surface area contributed by atoms with E-state index in [0.29, 0.717) is 12.1 Å². The predicted molar refractivity (Wildman–Crippen MR) is 84.9 cm³/mol. The molecular weight excluding hydrogens is 267 g/mol. The molecule has 0 unspecified atom stereocenters. The molecule has 1 saturated heterocycles. The van der Waals surface area contributed by atoms with Gasteiger partial charge in [0.1, 0.15) is 5.75 Å². The Labute approximate surface area is 127 Å². The van der Waals surface area contributed by atoms with Crippen molar-refractivity contribution in [2.24, 2.45) is 0 Å². The fraction of sp³-hybridized carbons (Fsp3) is 0.600. The zero-order chi connectivity index (χ0) is 15.1. The van der Waals surface area contributed by atoms with Crippen LogP contribution in [0.3, 0.4) is 0 Å². The second kappa shape index (κ2) is 8.39. The molecule has 1 aliphatic heterocycles. The molecule has 0 amide bonds. The highest BCUT2D eigenvalue weighted by Crippen LogP contribution is 2.09. The molecule has 6 heteroatoms. The number of nitrogens with zero attached hydrogens (tertiary/aromatic N) is 2. The van der Waals surface area contributed by atoms with Crippen molar-refractivity contribution < 1.29 is 14.8 Å². The molecule has 0 bridgehead atoms. The molecule has 0 aliphatic carbocycles. The molecule has 0 aromatic heterocycles. The van der Waals surface area contributed by atoms with Gasteiger partial charge in [-0.1, -0.05) is 12.1 Å². The highest BCUT2D eigenvalue weighted by atomic mass is 16.5. The molecule has 0 spiro atoms. The highest BCUT2D eigenvalue weighted by molar-refractivity contribution is 6.58. The molecule has 2 rings (SSSR count). The van der Waals surface area contributed by atoms with Gasteiger partial charge in [0.2, 0.25) is 0 Å². The van der Waals surface area contributed by atoms with Gasteiger partial charge >= 0.3 is 7.12 Å². The first-order valence-electron chi connectivity index (χ1n) is 7.65. The average Bonchev–Trinajstić information content (AvgIpc) is 2.49. The summed E-state index contributed by atoms with van der Waals surface area (Å²) in [4.78, 5) is 4.88. The molecule has 0 atom stereocenters. The number of rotatable bonds is 7. The van der Waals surface area contributed by atoms with Gasteiger partial charge in [-0.3, -0.25) is 0 Å². The number of benzene rings is 1. The second-order valence-electron chi connectivity index (χ2n) is 5.64. The van der Waals surface area contributed by atoms with Gasteiger partial charge in [0, 0.05) is 26.2 Å². The van der Waals surface area contributed by atoms with E-state index in [9.17, 15) is 0 Å². The summed E-state index contributed by atoms with van der Waals surface area (Å²) in [6.07, 6.45) is 2.19. The second-order valence-corrected chi connectivity index (χ2v) is 5.64. The van der Waals surface area contributed by atoms with Crippen LogP contribution in [0.25, 0.3) is 0 Å². The maximum atomic E-state index is 9.01. The van der Waals surface area contributed by atoms with Gasteiger partial charge < -0.3 is 24.6 Å². The normalized spacial score (nSPS) is 16.9. The summed E-state index contributed by atoms with van der Waals surface area (Å²) in [6.45, 7) is 6.52. The lowest BCUT2D eigenvalue weighted by Gasteiger charge is -2.32. The van der Waals surface area contributed by atoms with Crippen LogP contribution in [0.15, 0.2) is 24.3 Å². The molecule has 5 nitrogen and oxygen atoms in total. The number of hydrogen-bond donors (Lipinski definition) is 2. The molecule has 1 aromatic rings. The first-order chi connectivity index (χ1) is 10.1. The molecule has 0 radical (unpaired) electrons. The van der Waals surface area contributed by atoms with Crippen LogP contribution in [0.4, 0.5) is 0 Å². The van der Waals surface area contributed by atoms with Gasteiger partial charge in [0.15, 0.2) is 0 Å². The van der Waals surface area contributed by atoms with E-state index < -0.39 is 7.12 Å². The number of likely N-dealkylation sites (N-methyl/N-ethyl adjacent to an activating group) is 1. The Morgan fingerprint density at radius 2 is 1.71 bits per heavy atom. The fourth-order valence-corrected chi connectivity index (χ4v) is 2.44. The number of hydrogen-bond acceptors (Lipinski definition) is 5. The van der Waals surface area contributed by atoms with Crippen molar-refractivity contribution in [3.63, 3.8) is 0 Å². The Morgan fingerprint density at radius 3 is 2.33 bits per heavy atom. The maximum absolute atomic E-state index is 9.01. The smallest absolute Gasteiger partial charge is 0.488 e. The lowest BCUT2D eigenvalue weighted by molar-refractivity contribution is 0.150. The standard InChI is InChI=1S/C15H25BN2O3/c1-17-9-11-18(12-10-17)8-2-3-13-21-15-6-4-14(5-7-15)16(19)20/h4-7,19-20H,2-3,8-13H2,1H3. The predicted octanol–water partition coefficient (Wildman–Crippen LogP) is -0.227. The molecule has 21 heavy (non-hydrogen) atoms. The Balaban J connectivity index is 1.57. The van der Waals surface area contributed by atoms with Crippen LogP contribution in [-0.2, 0) is 0 Å². The van der Waals surface area contributed by atoms with Crippen molar-refractivity contribution in [2.45, 2.75) is 12.8 Å². The third-order valence-corrected chi connectivity index (χ3v) is 3.91. The molecule has 2 N–H and O–H groups in total. The summed E-state index contributed by atoms with van der Waals surface area (Å²) >= 11 is 0. The molecular formula is C15H25BN2O3. The van der Waals surface area contributed by atoms with Crippen molar-refractivity contribution >= 4 is 12.6 Å². The Kier molecular flexibility index (Phi) is 6.51. The minimum atomic E-state index is -1.41. The van der Waals surface area contributed by atoms with E-state index in [1.807, 2.05) is 0 Å². The summed E-state index contributed by atoms with van der Waals surface area (Å²) in [5.41, 5.74) is 0.484. The molecule has 1 aromatic carbocycles. The van der Waals surface area contributed by atoms with Crippen LogP contribution in [0.2, 0.25) is 0 Å². The fourth-order valence-electron chi connectivity index (χ4n) is 2.44. The summed E-state index contributed by atoms with van der Waals surface area (Å²) in [5, 5.41) is 18.0. The number of piperazine rings is 1. The first-order valence-corrected chi connectivity index (χ1v) is 7.65. The Bertz CT molecular complexity index is 406. The highest BCUT2D eigenvalue weighted by Gasteiger charge is 2.12. The topological polar surface area (TPSA) is 56.2 Å². The number of unbranched alkanes of at least 4 members (excludes halogenated alkanes) is 1. The quantitative estimate of drug-likeness (QED) is 0.537. The van der Waals surface area contributed by atoms with Crippen LogP contribution in [0.5, 0.6) is 5.75 Å². The molecule has 1 aliphatic rings. The van der Waals surface area contributed by atoms with Crippen molar-refractivity contribution in [1.29, 1.82) is 0 Å². The zero-order valence-electron chi connectivity index (χ0n) is 12.7. The van der Waals surface area contributed by atoms with Gasteiger partial charge in [0.05, 0.1) is 6.61 Å². The molecule has 116 valence electrons. The van der Waals surface area contributed by atoms with Crippen LogP contribution < -0.4 is 10.2 Å². The summed E-state index contributed by atoms with van der Waals surface area (Å²) < 4.78 is 5.66. The summed E-state index contributed by atoms with van der Waals surface area (Å²) in [6, 6.07) is 6.89. The molecule has 1 fully saturated rings. The van der Waals surface area contributed by atoms with Gasteiger partial charge in [-0.05, 0) is 44.0 Å². The van der Waals surface area contributed by atoms with Crippen molar-refractivity contribution in [1.82, 2.24) is 9.80 Å². The van der Waals surface area contributed by atoms with Crippen LogP contribution in [0, 0.1) is 0 Å². The van der Waals surface area contributed by atoms with E-state index in [-0.39, 0.29) is 0 Å². The van der Waals surface area contributed by atoms with E-state index >= 15 is 0 Å². The Morgan fingerprint density at radius 1 is 1.05 bits per heavy atom. The van der Waals surface area contributed by atoms with Gasteiger partial charge in [-0.15, -0.1) is 0 Å². The van der Waals surface area contributed by atoms with Crippen LogP contribution >= 0.6 is 0 Å². The van der Waals surface area contributed by atoms with Crippen molar-refractivity contribution in [3.8, 4) is 5.75 Å². The van der Waals surface area contributed by atoms with Crippen molar-refractivity contribution in [2.75, 3.05) is 46.4 Å². The van der Waals surface area contributed by atoms with E-state index in [0.717, 1.165) is 25.1 Å². The largest absolute Gasteiger partial charge is 0.494 e. The summed E-state index contributed by atoms with van der Waals surface area (Å²) in [7, 11) is 0.759. The summed E-state index contributed by atoms with van der Waals surface area (Å²) in [5.74, 6) is 0.777. The van der Waals surface area contributed by atoms with Crippen LogP contribution in [0.1, 0.15) is 12.8 Å². The van der Waals surface area contributed by atoms with E-state index in [1.54, 1.807) is 24.3 Å². The maximum Gasteiger partial charge on any atom is 0.488 e. The zero-order valence-corrected chi connectivity index (χ0v) is 12.7. The van der Waals surface area contributed by atoms with Crippen LogP contribution in [-0.4, -0.2) is 73.3 Å². The van der Waals surface area contributed by atoms with E-state index in [4.69, 9.17) is 14.8 Å². The third kappa shape index (κ3) is 5.67. The van der Waals surface area contributed by atoms with Crippen molar-refractivity contribution in [3.05, 3.63) is 24.3 Å². The molecule has 1 heterocycles. The molecule has 0 saturated carbocycles. The lowest BCUT2D eigenvalue weighted by atomic mass is 9.80. The van der Waals surface area contributed by atoms with Gasteiger partial charge in [-0.2, -0.15) is 0 Å². The minimum absolute atomic E-state index is 0.484. The SMILES string of the molecule is CN1CCN(CCCCOc2ccc(B(O)O)cc2)CC1. The lowest BCUT2D eigenvalue weighted by Crippen LogP contribution is -2.44. The van der Waals surface area contributed by atoms with E-state index in [1.165, 1.54) is 26.2 Å².